The summed E-state index contributed by atoms with van der Waals surface area (Å²) in [6, 6.07) is 3.59. The van der Waals surface area contributed by atoms with E-state index in [1.807, 2.05) is 0 Å². The molecule has 3 aromatic heterocycles. The minimum absolute atomic E-state index is 0.231. The summed E-state index contributed by atoms with van der Waals surface area (Å²) in [6.45, 7) is -0.478. The minimum Gasteiger partial charge on any atom is -0.394 e. The number of imidazole rings is 1. The molecular formula is C14H15N5O5. The van der Waals surface area contributed by atoms with Crippen molar-refractivity contribution in [2.45, 2.75) is 24.5 Å². The molecule has 4 rings (SSSR count). The second kappa shape index (κ2) is 5.53. The number of hydrogen-bond donors (Lipinski definition) is 5. The highest BCUT2D eigenvalue weighted by Gasteiger charge is 2.44. The number of aromatic amines is 2. The highest BCUT2D eigenvalue weighted by molar-refractivity contribution is 5.85. The highest BCUT2D eigenvalue weighted by atomic mass is 16.6. The number of aromatic nitrogens is 5. The molecule has 1 aliphatic heterocycles. The number of nitrogens with zero attached hydrogens (tertiary/aromatic N) is 3. The van der Waals surface area contributed by atoms with Crippen LogP contribution in [0.15, 0.2) is 29.5 Å². The summed E-state index contributed by atoms with van der Waals surface area (Å²) in [6.07, 6.45) is -1.80. The maximum atomic E-state index is 12.4. The number of H-pyrrole nitrogens is 2. The maximum Gasteiger partial charge on any atom is 0.329 e. The summed E-state index contributed by atoms with van der Waals surface area (Å²) in [4.78, 5) is 26.3. The molecule has 1 aliphatic rings. The molecule has 4 heterocycles. The van der Waals surface area contributed by atoms with Gasteiger partial charge in [-0.15, -0.1) is 0 Å². The molecule has 3 aromatic rings. The van der Waals surface area contributed by atoms with Crippen LogP contribution in [0, 0.1) is 0 Å². The Kier molecular flexibility index (Phi) is 3.46. The number of nitrogens with one attached hydrogen (secondary N) is 2. The molecule has 0 bridgehead atoms. The predicted octanol–water partition coefficient (Wildman–Crippen LogP) is -1.27. The summed E-state index contributed by atoms with van der Waals surface area (Å²) in [5, 5.41) is 29.3. The Labute approximate surface area is 134 Å². The Morgan fingerprint density at radius 2 is 2.12 bits per heavy atom. The average Bonchev–Trinajstić information content (AvgIpc) is 3.27. The van der Waals surface area contributed by atoms with Crippen molar-refractivity contribution in [3.8, 4) is 11.4 Å². The van der Waals surface area contributed by atoms with Gasteiger partial charge in [0.2, 0.25) is 0 Å². The highest BCUT2D eigenvalue weighted by Crippen LogP contribution is 2.31. The van der Waals surface area contributed by atoms with Crippen LogP contribution >= 0.6 is 0 Å². The first-order valence-electron chi connectivity index (χ1n) is 7.33. The average molecular weight is 333 g/mol. The lowest BCUT2D eigenvalue weighted by Crippen LogP contribution is -2.34. The third-order valence-corrected chi connectivity index (χ3v) is 4.13. The molecule has 0 radical (unpaired) electrons. The second-order valence-electron chi connectivity index (χ2n) is 5.53. The third kappa shape index (κ3) is 2.08. The molecule has 0 amide bonds. The summed E-state index contributed by atoms with van der Waals surface area (Å²) in [5.74, 6) is 0. The van der Waals surface area contributed by atoms with Crippen molar-refractivity contribution in [3.05, 3.63) is 35.1 Å². The van der Waals surface area contributed by atoms with Crippen LogP contribution in [0.3, 0.4) is 0 Å². The van der Waals surface area contributed by atoms with Crippen molar-refractivity contribution in [2.24, 2.45) is 0 Å². The van der Waals surface area contributed by atoms with Gasteiger partial charge in [0.25, 0.3) is 0 Å². The van der Waals surface area contributed by atoms with Crippen molar-refractivity contribution < 1.29 is 20.1 Å². The van der Waals surface area contributed by atoms with E-state index in [4.69, 9.17) is 4.74 Å². The number of rotatable bonds is 3. The van der Waals surface area contributed by atoms with Gasteiger partial charge in [-0.05, 0) is 12.1 Å². The summed E-state index contributed by atoms with van der Waals surface area (Å²) >= 11 is 0. The molecule has 10 nitrogen and oxygen atoms in total. The smallest absolute Gasteiger partial charge is 0.329 e. The Hall–Kier alpha value is -2.53. The lowest BCUT2D eigenvalue weighted by molar-refractivity contribution is -0.0524. The molecule has 0 spiro atoms. The van der Waals surface area contributed by atoms with Crippen LogP contribution in [0.4, 0.5) is 0 Å². The van der Waals surface area contributed by atoms with E-state index in [-0.39, 0.29) is 5.65 Å². The van der Waals surface area contributed by atoms with E-state index >= 15 is 0 Å². The lowest BCUT2D eigenvalue weighted by Gasteiger charge is -2.15. The van der Waals surface area contributed by atoms with Gasteiger partial charge < -0.3 is 30.0 Å². The predicted molar refractivity (Wildman–Crippen MR) is 80.9 cm³/mol. The number of aliphatic hydroxyl groups is 3. The Morgan fingerprint density at radius 1 is 1.29 bits per heavy atom. The van der Waals surface area contributed by atoms with E-state index < -0.39 is 36.8 Å². The maximum absolute atomic E-state index is 12.4. The Balaban J connectivity index is 1.88. The first-order valence-corrected chi connectivity index (χ1v) is 7.33. The Bertz CT molecular complexity index is 917. The number of fused-ring (bicyclic) bond motifs is 1. The van der Waals surface area contributed by atoms with Crippen LogP contribution < -0.4 is 5.69 Å². The normalized spacial score (nSPS) is 27.1. The molecule has 10 heteroatoms. The minimum atomic E-state index is -1.37. The molecule has 24 heavy (non-hydrogen) atoms. The van der Waals surface area contributed by atoms with Gasteiger partial charge in [-0.1, -0.05) is 0 Å². The van der Waals surface area contributed by atoms with E-state index in [0.29, 0.717) is 16.9 Å². The van der Waals surface area contributed by atoms with Crippen LogP contribution in [0.25, 0.3) is 22.6 Å². The standard InChI is InChI=1S/C14H15N5O5/c20-4-7-10(21)11(22)13(24-7)19-12-9(18-14(19)23)8(16-5-17-12)6-2-1-3-15-6/h1-3,5,7,10-11,13,15,20-22H,4H2,(H,18,23)/t7-,10-,11-,13-/m1/s1. The molecule has 0 aromatic carbocycles. The number of ether oxygens (including phenoxy) is 1. The van der Waals surface area contributed by atoms with Crippen LogP contribution in [0.2, 0.25) is 0 Å². The van der Waals surface area contributed by atoms with Gasteiger partial charge in [-0.3, -0.25) is 0 Å². The van der Waals surface area contributed by atoms with Crippen LogP contribution in [0.5, 0.6) is 0 Å². The number of hydrogen-bond acceptors (Lipinski definition) is 7. The van der Waals surface area contributed by atoms with E-state index in [2.05, 4.69) is 19.9 Å². The first-order chi connectivity index (χ1) is 11.6. The molecular weight excluding hydrogens is 318 g/mol. The van der Waals surface area contributed by atoms with Crippen LogP contribution in [0.1, 0.15) is 6.23 Å². The fraction of sp³-hybridized carbons (Fsp3) is 0.357. The van der Waals surface area contributed by atoms with E-state index in [9.17, 15) is 20.1 Å². The quantitative estimate of drug-likeness (QED) is 0.401. The summed E-state index contributed by atoms with van der Waals surface area (Å²) in [7, 11) is 0. The molecule has 0 unspecified atom stereocenters. The van der Waals surface area contributed by atoms with Crippen molar-refractivity contribution in [1.29, 1.82) is 0 Å². The second-order valence-corrected chi connectivity index (χ2v) is 5.53. The molecule has 1 saturated heterocycles. The zero-order valence-electron chi connectivity index (χ0n) is 12.3. The van der Waals surface area contributed by atoms with Gasteiger partial charge in [0.15, 0.2) is 11.9 Å². The van der Waals surface area contributed by atoms with E-state index in [1.165, 1.54) is 6.33 Å². The SMILES string of the molecule is O=c1[nH]c2c(-c3ccc[nH]3)ncnc2n1[C@@H]1O[C@H](CO)[C@@H](O)[C@H]1O. The molecule has 126 valence electrons. The van der Waals surface area contributed by atoms with Crippen molar-refractivity contribution in [1.82, 2.24) is 24.5 Å². The third-order valence-electron chi connectivity index (χ3n) is 4.13. The molecule has 0 saturated carbocycles. The van der Waals surface area contributed by atoms with Crippen molar-refractivity contribution in [3.63, 3.8) is 0 Å². The van der Waals surface area contributed by atoms with Gasteiger partial charge in [0.05, 0.1) is 12.3 Å². The molecule has 1 fully saturated rings. The van der Waals surface area contributed by atoms with Gasteiger partial charge in [-0.25, -0.2) is 19.3 Å². The van der Waals surface area contributed by atoms with E-state index in [1.54, 1.807) is 18.3 Å². The summed E-state index contributed by atoms with van der Waals surface area (Å²) < 4.78 is 6.54. The summed E-state index contributed by atoms with van der Waals surface area (Å²) in [5.41, 5.74) is 1.23. The first kappa shape index (κ1) is 15.0. The molecule has 0 aliphatic carbocycles. The number of aliphatic hydroxyl groups excluding tert-OH is 3. The molecule has 5 N–H and O–H groups in total. The fourth-order valence-electron chi connectivity index (χ4n) is 2.95. The fourth-order valence-corrected chi connectivity index (χ4v) is 2.95. The largest absolute Gasteiger partial charge is 0.394 e. The zero-order valence-corrected chi connectivity index (χ0v) is 12.3. The van der Waals surface area contributed by atoms with Gasteiger partial charge >= 0.3 is 5.69 Å². The Morgan fingerprint density at radius 3 is 2.79 bits per heavy atom. The molecule has 4 atom stereocenters. The van der Waals surface area contributed by atoms with Crippen LogP contribution in [-0.2, 0) is 4.74 Å². The zero-order chi connectivity index (χ0) is 16.8. The van der Waals surface area contributed by atoms with Crippen molar-refractivity contribution >= 4 is 11.2 Å². The van der Waals surface area contributed by atoms with Crippen LogP contribution in [-0.4, -0.2) is 64.7 Å². The van der Waals surface area contributed by atoms with E-state index in [0.717, 1.165) is 4.57 Å². The van der Waals surface area contributed by atoms with Crippen molar-refractivity contribution in [2.75, 3.05) is 6.61 Å². The van der Waals surface area contributed by atoms with Gasteiger partial charge in [0.1, 0.15) is 35.8 Å². The van der Waals surface area contributed by atoms with Gasteiger partial charge in [0, 0.05) is 6.20 Å². The lowest BCUT2D eigenvalue weighted by atomic mass is 10.1. The topological polar surface area (TPSA) is 149 Å². The van der Waals surface area contributed by atoms with Gasteiger partial charge in [-0.2, -0.15) is 0 Å². The monoisotopic (exact) mass is 333 g/mol.